The maximum absolute atomic E-state index is 13.0. The van der Waals surface area contributed by atoms with Gasteiger partial charge in [-0.25, -0.2) is 0 Å². The molecule has 11 heteroatoms. The van der Waals surface area contributed by atoms with Crippen molar-refractivity contribution in [2.24, 2.45) is 4.40 Å². The Morgan fingerprint density at radius 3 is 2.43 bits per heavy atom. The number of carbonyl (C=O) groups is 1. The molecule has 3 aromatic carbocycles. The van der Waals surface area contributed by atoms with E-state index in [0.717, 1.165) is 17.3 Å². The van der Waals surface area contributed by atoms with Gasteiger partial charge in [0.25, 0.3) is 15.9 Å². The molecule has 0 N–H and O–H groups in total. The molecule has 0 spiro atoms. The topological polar surface area (TPSA) is 85.3 Å². The van der Waals surface area contributed by atoms with Gasteiger partial charge < -0.3 is 9.47 Å². The number of amides is 1. The lowest BCUT2D eigenvalue weighted by Gasteiger charge is -2.12. The summed E-state index contributed by atoms with van der Waals surface area (Å²) < 4.78 is 40.9. The number of amidine groups is 1. The van der Waals surface area contributed by atoms with Gasteiger partial charge in [-0.1, -0.05) is 47.5 Å². The molecular weight excluding hydrogens is 555 g/mol. The van der Waals surface area contributed by atoms with E-state index < -0.39 is 10.0 Å². The first kappa shape index (κ1) is 27.1. The molecule has 0 unspecified atom stereocenters. The Morgan fingerprint density at radius 2 is 1.76 bits per heavy atom. The Morgan fingerprint density at radius 1 is 1.03 bits per heavy atom. The summed E-state index contributed by atoms with van der Waals surface area (Å²) in [6.45, 7) is 2.24. The largest absolute Gasteiger partial charge is 0.493 e. The molecule has 1 aliphatic rings. The molecule has 0 atom stereocenters. The fraction of sp³-hybridized carbons (Fsp3) is 0.154. The maximum atomic E-state index is 13.0. The molecule has 1 heterocycles. The van der Waals surface area contributed by atoms with E-state index >= 15 is 0 Å². The molecule has 3 aromatic rings. The van der Waals surface area contributed by atoms with Crippen LogP contribution in [0.3, 0.4) is 0 Å². The van der Waals surface area contributed by atoms with Crippen molar-refractivity contribution >= 4 is 62.1 Å². The second-order valence-electron chi connectivity index (χ2n) is 7.75. The number of thioether (sulfide) groups is 1. The highest BCUT2D eigenvalue weighted by molar-refractivity contribution is 8.19. The number of likely N-dealkylation sites (N-methyl/N-ethyl adjacent to an activating group) is 1. The number of ether oxygens (including phenoxy) is 2. The highest BCUT2D eigenvalue weighted by Crippen LogP contribution is 2.36. The summed E-state index contributed by atoms with van der Waals surface area (Å²) in [7, 11) is -2.50. The second kappa shape index (κ2) is 11.6. The Labute approximate surface area is 229 Å². The van der Waals surface area contributed by atoms with Crippen LogP contribution in [0, 0.1) is 0 Å². The Hall–Kier alpha value is -2.98. The van der Waals surface area contributed by atoms with Gasteiger partial charge in [0, 0.05) is 22.2 Å². The van der Waals surface area contributed by atoms with E-state index in [-0.39, 0.29) is 29.1 Å². The molecular formula is C26H22Cl2N2O5S2. The summed E-state index contributed by atoms with van der Waals surface area (Å²) in [6, 6.07) is 18.3. The molecule has 1 aliphatic heterocycles. The van der Waals surface area contributed by atoms with Gasteiger partial charge in [-0.2, -0.15) is 8.42 Å². The van der Waals surface area contributed by atoms with Crippen molar-refractivity contribution in [2.45, 2.75) is 18.4 Å². The quantitative estimate of drug-likeness (QED) is 0.294. The molecule has 37 heavy (non-hydrogen) atoms. The standard InChI is InChI=1S/C26H22Cl2N2O5S2/c1-3-30-25(31)24(36-26(30)29-37(32,33)20-11-9-19(27)10-12-20)15-17-8-13-22(34-2)23(14-17)35-16-18-6-4-5-7-21(18)28/h4-15H,3,16H2,1-2H3/b24-15-,29-26+. The van der Waals surface area contributed by atoms with Gasteiger partial charge in [-0.15, -0.1) is 4.40 Å². The number of nitrogens with zero attached hydrogens (tertiary/aromatic N) is 2. The summed E-state index contributed by atoms with van der Waals surface area (Å²) in [5.41, 5.74) is 1.49. The highest BCUT2D eigenvalue weighted by Gasteiger charge is 2.34. The molecule has 0 aromatic heterocycles. The van der Waals surface area contributed by atoms with Crippen molar-refractivity contribution in [1.29, 1.82) is 0 Å². The molecule has 1 saturated heterocycles. The molecule has 4 rings (SSSR count). The molecule has 0 saturated carbocycles. The van der Waals surface area contributed by atoms with Crippen LogP contribution in [-0.2, 0) is 21.4 Å². The van der Waals surface area contributed by atoms with Crippen molar-refractivity contribution in [3.63, 3.8) is 0 Å². The zero-order chi connectivity index (χ0) is 26.6. The van der Waals surface area contributed by atoms with Crippen LogP contribution in [-0.4, -0.2) is 38.0 Å². The minimum absolute atomic E-state index is 0.0126. The summed E-state index contributed by atoms with van der Waals surface area (Å²) in [6.07, 6.45) is 1.66. The van der Waals surface area contributed by atoms with Crippen LogP contribution in [0.15, 0.2) is 80.9 Å². The highest BCUT2D eigenvalue weighted by atomic mass is 35.5. The number of benzene rings is 3. The summed E-state index contributed by atoms with van der Waals surface area (Å²) in [4.78, 5) is 14.7. The number of hydrogen-bond acceptors (Lipinski definition) is 6. The van der Waals surface area contributed by atoms with Crippen LogP contribution in [0.1, 0.15) is 18.1 Å². The van der Waals surface area contributed by atoms with E-state index in [4.69, 9.17) is 32.7 Å². The Kier molecular flexibility index (Phi) is 8.49. The SMILES string of the molecule is CCN1C(=O)/C(=C/c2ccc(OC)c(OCc3ccccc3Cl)c2)S/C1=N/S(=O)(=O)c1ccc(Cl)cc1. The summed E-state index contributed by atoms with van der Waals surface area (Å²) >= 11 is 13.1. The van der Waals surface area contributed by atoms with Crippen LogP contribution in [0.2, 0.25) is 10.0 Å². The number of rotatable bonds is 8. The van der Waals surface area contributed by atoms with Gasteiger partial charge in [0.15, 0.2) is 16.7 Å². The van der Waals surface area contributed by atoms with E-state index in [2.05, 4.69) is 4.40 Å². The van der Waals surface area contributed by atoms with E-state index in [1.807, 2.05) is 18.2 Å². The molecule has 0 aliphatic carbocycles. The van der Waals surface area contributed by atoms with Gasteiger partial charge in [0.2, 0.25) is 0 Å². The van der Waals surface area contributed by atoms with Crippen molar-refractivity contribution in [1.82, 2.24) is 4.90 Å². The third kappa shape index (κ3) is 6.30. The summed E-state index contributed by atoms with van der Waals surface area (Å²) in [5.74, 6) is 0.650. The van der Waals surface area contributed by atoms with E-state index in [1.165, 1.54) is 36.3 Å². The van der Waals surface area contributed by atoms with Crippen LogP contribution in [0.4, 0.5) is 0 Å². The van der Waals surface area contributed by atoms with Crippen molar-refractivity contribution < 1.29 is 22.7 Å². The minimum atomic E-state index is -4.04. The van der Waals surface area contributed by atoms with Gasteiger partial charge >= 0.3 is 0 Å². The number of halogens is 2. The van der Waals surface area contributed by atoms with E-state index in [1.54, 1.807) is 37.3 Å². The Bertz CT molecular complexity index is 1490. The van der Waals surface area contributed by atoms with Crippen LogP contribution < -0.4 is 9.47 Å². The van der Waals surface area contributed by atoms with Gasteiger partial charge in [-0.05, 0) is 72.8 Å². The molecule has 7 nitrogen and oxygen atoms in total. The lowest BCUT2D eigenvalue weighted by molar-refractivity contribution is -0.122. The maximum Gasteiger partial charge on any atom is 0.284 e. The normalized spacial score (nSPS) is 16.0. The average molecular weight is 578 g/mol. The smallest absolute Gasteiger partial charge is 0.284 e. The van der Waals surface area contributed by atoms with Gasteiger partial charge in [0.05, 0.1) is 16.9 Å². The molecule has 0 radical (unpaired) electrons. The number of sulfonamides is 1. The predicted octanol–water partition coefficient (Wildman–Crippen LogP) is 6.26. The fourth-order valence-corrected chi connectivity index (χ4v) is 6.00. The van der Waals surface area contributed by atoms with Crippen LogP contribution >= 0.6 is 35.0 Å². The van der Waals surface area contributed by atoms with Gasteiger partial charge in [0.1, 0.15) is 6.61 Å². The molecule has 192 valence electrons. The first-order valence-corrected chi connectivity index (χ1v) is 14.1. The summed E-state index contributed by atoms with van der Waals surface area (Å²) in [5, 5.41) is 1.08. The Balaban J connectivity index is 1.61. The first-order valence-electron chi connectivity index (χ1n) is 11.1. The van der Waals surface area contributed by atoms with Crippen molar-refractivity contribution in [2.75, 3.05) is 13.7 Å². The zero-order valence-corrected chi connectivity index (χ0v) is 23.0. The monoisotopic (exact) mass is 576 g/mol. The van der Waals surface area contributed by atoms with Crippen molar-refractivity contribution in [3.8, 4) is 11.5 Å². The van der Waals surface area contributed by atoms with Gasteiger partial charge in [-0.3, -0.25) is 9.69 Å². The lowest BCUT2D eigenvalue weighted by atomic mass is 10.1. The second-order valence-corrected chi connectivity index (χ2v) is 11.2. The minimum Gasteiger partial charge on any atom is -0.493 e. The molecule has 1 amide bonds. The fourth-order valence-electron chi connectivity index (χ4n) is 3.44. The van der Waals surface area contributed by atoms with Crippen LogP contribution in [0.25, 0.3) is 6.08 Å². The third-order valence-corrected chi connectivity index (χ3v) is 8.36. The zero-order valence-electron chi connectivity index (χ0n) is 19.9. The lowest BCUT2D eigenvalue weighted by Crippen LogP contribution is -2.29. The third-order valence-electron chi connectivity index (χ3n) is 5.34. The van der Waals surface area contributed by atoms with Crippen molar-refractivity contribution in [3.05, 3.63) is 92.8 Å². The first-order chi connectivity index (χ1) is 17.7. The molecule has 1 fully saturated rings. The number of carbonyl (C=O) groups excluding carboxylic acids is 1. The number of methoxy groups -OCH3 is 1. The van der Waals surface area contributed by atoms with E-state index in [9.17, 15) is 13.2 Å². The average Bonchev–Trinajstić information content (AvgIpc) is 3.16. The molecule has 0 bridgehead atoms. The van der Waals surface area contributed by atoms with Crippen LogP contribution in [0.5, 0.6) is 11.5 Å². The number of hydrogen-bond donors (Lipinski definition) is 0. The van der Waals surface area contributed by atoms with E-state index in [0.29, 0.717) is 32.0 Å². The predicted molar refractivity (Wildman–Crippen MR) is 148 cm³/mol.